The third-order valence-electron chi connectivity index (χ3n) is 4.84. The summed E-state index contributed by atoms with van der Waals surface area (Å²) in [4.78, 5) is 8.26. The molecule has 3 heteroatoms. The number of aryl methyl sites for hydroxylation is 1. The lowest BCUT2D eigenvalue weighted by molar-refractivity contribution is 0.404. The molecule has 2 aliphatic rings. The molecular formula is C15H22N2S. The number of rotatable bonds is 2. The Balaban J connectivity index is 1.97. The molecule has 0 spiro atoms. The number of aromatic nitrogens is 2. The standard InChI is InChI=1S/C15H22N2S/c1-8(2)13-9(3)16-14(17-15(13)18)12-7-10-4-5-11(12)6-10/h8,10-12H,4-7H2,1-3H3,(H,16,17,18). The zero-order valence-corrected chi connectivity index (χ0v) is 12.3. The van der Waals surface area contributed by atoms with Gasteiger partial charge in [0.05, 0.1) is 0 Å². The van der Waals surface area contributed by atoms with Gasteiger partial charge in [-0.1, -0.05) is 32.5 Å². The van der Waals surface area contributed by atoms with Crippen LogP contribution in [-0.4, -0.2) is 9.97 Å². The number of nitrogens with zero attached hydrogens (tertiary/aromatic N) is 1. The Hall–Kier alpha value is -0.700. The Morgan fingerprint density at radius 3 is 2.56 bits per heavy atom. The van der Waals surface area contributed by atoms with Crippen molar-refractivity contribution in [2.45, 2.75) is 58.3 Å². The Bertz CT molecular complexity index is 518. The summed E-state index contributed by atoms with van der Waals surface area (Å²) in [5.74, 6) is 4.07. The molecule has 2 aliphatic carbocycles. The Kier molecular flexibility index (Phi) is 3.05. The molecule has 1 N–H and O–H groups in total. The van der Waals surface area contributed by atoms with E-state index in [4.69, 9.17) is 17.2 Å². The zero-order chi connectivity index (χ0) is 12.9. The van der Waals surface area contributed by atoms with Crippen molar-refractivity contribution < 1.29 is 0 Å². The van der Waals surface area contributed by atoms with Gasteiger partial charge >= 0.3 is 0 Å². The van der Waals surface area contributed by atoms with Gasteiger partial charge in [0, 0.05) is 17.2 Å². The summed E-state index contributed by atoms with van der Waals surface area (Å²) in [6.07, 6.45) is 5.56. The fraction of sp³-hybridized carbons (Fsp3) is 0.733. The van der Waals surface area contributed by atoms with Gasteiger partial charge in [-0.3, -0.25) is 0 Å². The number of H-pyrrole nitrogens is 1. The highest BCUT2D eigenvalue weighted by Gasteiger charge is 2.41. The van der Waals surface area contributed by atoms with E-state index in [1.54, 1.807) is 0 Å². The largest absolute Gasteiger partial charge is 0.347 e. The molecule has 0 aliphatic heterocycles. The van der Waals surface area contributed by atoms with Crippen LogP contribution in [0.2, 0.25) is 0 Å². The molecule has 3 atom stereocenters. The van der Waals surface area contributed by atoms with Crippen LogP contribution in [0.1, 0.15) is 68.4 Å². The summed E-state index contributed by atoms with van der Waals surface area (Å²) in [5, 5.41) is 0. The third kappa shape index (κ3) is 1.93. The van der Waals surface area contributed by atoms with Crippen LogP contribution in [0.4, 0.5) is 0 Å². The lowest BCUT2D eigenvalue weighted by atomic mass is 9.88. The van der Waals surface area contributed by atoms with E-state index in [0.29, 0.717) is 11.8 Å². The molecule has 18 heavy (non-hydrogen) atoms. The van der Waals surface area contributed by atoms with Crippen molar-refractivity contribution in [3.8, 4) is 0 Å². The molecule has 2 fully saturated rings. The molecule has 1 aromatic heterocycles. The molecule has 3 rings (SSSR count). The highest BCUT2D eigenvalue weighted by molar-refractivity contribution is 7.71. The van der Waals surface area contributed by atoms with E-state index in [1.165, 1.54) is 36.9 Å². The van der Waals surface area contributed by atoms with Gasteiger partial charge in [-0.05, 0) is 43.9 Å². The molecule has 0 saturated heterocycles. The Morgan fingerprint density at radius 1 is 1.28 bits per heavy atom. The smallest absolute Gasteiger partial charge is 0.133 e. The van der Waals surface area contributed by atoms with Gasteiger partial charge in [0.1, 0.15) is 10.5 Å². The molecule has 2 nitrogen and oxygen atoms in total. The van der Waals surface area contributed by atoms with E-state index in [-0.39, 0.29) is 0 Å². The predicted octanol–water partition coefficient (Wildman–Crippen LogP) is 4.47. The van der Waals surface area contributed by atoms with E-state index >= 15 is 0 Å². The van der Waals surface area contributed by atoms with E-state index in [0.717, 1.165) is 22.3 Å². The molecule has 0 radical (unpaired) electrons. The number of hydrogen-bond donors (Lipinski definition) is 1. The second-order valence-electron chi connectivity index (χ2n) is 6.40. The molecule has 0 amide bonds. The van der Waals surface area contributed by atoms with Crippen molar-refractivity contribution in [1.29, 1.82) is 0 Å². The number of fused-ring (bicyclic) bond motifs is 2. The molecule has 1 aromatic rings. The van der Waals surface area contributed by atoms with Gasteiger partial charge in [0.15, 0.2) is 0 Å². The van der Waals surface area contributed by atoms with Gasteiger partial charge in [-0.2, -0.15) is 0 Å². The summed E-state index contributed by atoms with van der Waals surface area (Å²) in [6, 6.07) is 0. The minimum Gasteiger partial charge on any atom is -0.347 e. The van der Waals surface area contributed by atoms with Crippen LogP contribution >= 0.6 is 12.2 Å². The predicted molar refractivity (Wildman–Crippen MR) is 76.4 cm³/mol. The second kappa shape index (κ2) is 4.44. The SMILES string of the molecule is Cc1[nH]c(C2CC3CCC2C3)nc(=S)c1C(C)C. The van der Waals surface area contributed by atoms with Gasteiger partial charge in [-0.15, -0.1) is 0 Å². The number of aromatic amines is 1. The Morgan fingerprint density at radius 2 is 2.06 bits per heavy atom. The average molecular weight is 262 g/mol. The van der Waals surface area contributed by atoms with E-state index in [1.807, 2.05) is 0 Å². The highest BCUT2D eigenvalue weighted by Crippen LogP contribution is 2.52. The van der Waals surface area contributed by atoms with Crippen molar-refractivity contribution in [2.24, 2.45) is 11.8 Å². The monoisotopic (exact) mass is 262 g/mol. The van der Waals surface area contributed by atoms with Crippen molar-refractivity contribution >= 4 is 12.2 Å². The molecule has 0 aromatic carbocycles. The molecule has 3 unspecified atom stereocenters. The molecule has 2 saturated carbocycles. The summed E-state index contributed by atoms with van der Waals surface area (Å²) in [6.45, 7) is 6.51. The first-order valence-electron chi connectivity index (χ1n) is 7.17. The summed E-state index contributed by atoms with van der Waals surface area (Å²) in [7, 11) is 0. The van der Waals surface area contributed by atoms with Crippen molar-refractivity contribution in [3.63, 3.8) is 0 Å². The summed E-state index contributed by atoms with van der Waals surface area (Å²) < 4.78 is 0.819. The highest BCUT2D eigenvalue weighted by atomic mass is 32.1. The van der Waals surface area contributed by atoms with Gasteiger partial charge in [0.2, 0.25) is 0 Å². The first-order valence-corrected chi connectivity index (χ1v) is 7.57. The fourth-order valence-corrected chi connectivity index (χ4v) is 4.54. The molecule has 1 heterocycles. The zero-order valence-electron chi connectivity index (χ0n) is 11.5. The second-order valence-corrected chi connectivity index (χ2v) is 6.79. The lowest BCUT2D eigenvalue weighted by Crippen LogP contribution is -2.14. The number of hydrogen-bond acceptors (Lipinski definition) is 2. The quantitative estimate of drug-likeness (QED) is 0.796. The maximum atomic E-state index is 5.49. The number of nitrogens with one attached hydrogen (secondary N) is 1. The minimum atomic E-state index is 0.454. The Labute approximate surface area is 114 Å². The minimum absolute atomic E-state index is 0.454. The maximum Gasteiger partial charge on any atom is 0.133 e. The molecular weight excluding hydrogens is 240 g/mol. The lowest BCUT2D eigenvalue weighted by Gasteiger charge is -2.22. The van der Waals surface area contributed by atoms with Crippen LogP contribution < -0.4 is 0 Å². The van der Waals surface area contributed by atoms with Crippen LogP contribution in [0.25, 0.3) is 0 Å². The van der Waals surface area contributed by atoms with Gasteiger partial charge in [0.25, 0.3) is 0 Å². The third-order valence-corrected chi connectivity index (χ3v) is 5.15. The van der Waals surface area contributed by atoms with Crippen LogP contribution in [-0.2, 0) is 0 Å². The first-order chi connectivity index (χ1) is 8.56. The van der Waals surface area contributed by atoms with Crippen molar-refractivity contribution in [2.75, 3.05) is 0 Å². The van der Waals surface area contributed by atoms with E-state index in [9.17, 15) is 0 Å². The van der Waals surface area contributed by atoms with Gasteiger partial charge < -0.3 is 4.98 Å². The average Bonchev–Trinajstić information content (AvgIpc) is 2.88. The van der Waals surface area contributed by atoms with Crippen LogP contribution in [0, 0.1) is 23.4 Å². The topological polar surface area (TPSA) is 28.7 Å². The molecule has 2 bridgehead atoms. The van der Waals surface area contributed by atoms with Gasteiger partial charge in [-0.25, -0.2) is 4.98 Å². The van der Waals surface area contributed by atoms with Crippen LogP contribution in [0.15, 0.2) is 0 Å². The van der Waals surface area contributed by atoms with Crippen LogP contribution in [0.5, 0.6) is 0 Å². The first kappa shape index (κ1) is 12.3. The fourth-order valence-electron chi connectivity index (χ4n) is 4.05. The van der Waals surface area contributed by atoms with E-state index < -0.39 is 0 Å². The normalized spacial score (nSPS) is 30.3. The van der Waals surface area contributed by atoms with Crippen molar-refractivity contribution in [1.82, 2.24) is 9.97 Å². The summed E-state index contributed by atoms with van der Waals surface area (Å²) in [5.41, 5.74) is 2.44. The summed E-state index contributed by atoms with van der Waals surface area (Å²) >= 11 is 5.49. The van der Waals surface area contributed by atoms with Crippen LogP contribution in [0.3, 0.4) is 0 Å². The van der Waals surface area contributed by atoms with Crippen molar-refractivity contribution in [3.05, 3.63) is 21.7 Å². The molecule has 98 valence electrons. The van der Waals surface area contributed by atoms with E-state index in [2.05, 4.69) is 25.8 Å². The maximum absolute atomic E-state index is 5.49.